The smallest absolute Gasteiger partial charge is 0.355 e. The van der Waals surface area contributed by atoms with Gasteiger partial charge in [-0.05, 0) is 36.1 Å². The van der Waals surface area contributed by atoms with Crippen LogP contribution in [0.3, 0.4) is 0 Å². The van der Waals surface area contributed by atoms with Crippen LogP contribution in [0.25, 0.3) is 5.69 Å². The second kappa shape index (κ2) is 5.74. The molecule has 0 aliphatic carbocycles. The number of methoxy groups -OCH3 is 1. The topological polar surface area (TPSA) is 31.2 Å². The molecule has 0 fully saturated rings. The molecule has 0 aliphatic rings. The molecule has 0 bridgehead atoms. The molecule has 0 spiro atoms. The van der Waals surface area contributed by atoms with Crippen molar-refractivity contribution < 1.29 is 9.53 Å². The van der Waals surface area contributed by atoms with Crippen LogP contribution in [-0.2, 0) is 17.6 Å². The molecule has 0 saturated carbocycles. The lowest BCUT2D eigenvalue weighted by Gasteiger charge is -2.16. The van der Waals surface area contributed by atoms with E-state index in [1.54, 1.807) is 6.07 Å². The van der Waals surface area contributed by atoms with Crippen LogP contribution in [0.15, 0.2) is 36.5 Å². The SMILES string of the molecule is CCc1cccc(CC)c1-n1cccc1C(=O)OC. The van der Waals surface area contributed by atoms with Crippen molar-refractivity contribution >= 4 is 5.97 Å². The number of esters is 1. The van der Waals surface area contributed by atoms with Gasteiger partial charge in [0.1, 0.15) is 5.69 Å². The molecular formula is C16H19NO2. The number of hydrogen-bond donors (Lipinski definition) is 0. The average molecular weight is 257 g/mol. The van der Waals surface area contributed by atoms with Crippen LogP contribution in [0.4, 0.5) is 0 Å². The molecule has 3 nitrogen and oxygen atoms in total. The lowest BCUT2D eigenvalue weighted by Crippen LogP contribution is -2.11. The van der Waals surface area contributed by atoms with Crippen molar-refractivity contribution in [1.82, 2.24) is 4.57 Å². The Labute approximate surface area is 113 Å². The summed E-state index contributed by atoms with van der Waals surface area (Å²) in [6, 6.07) is 9.95. The van der Waals surface area contributed by atoms with Gasteiger partial charge in [0.05, 0.1) is 12.8 Å². The van der Waals surface area contributed by atoms with Gasteiger partial charge in [-0.15, -0.1) is 0 Å². The predicted molar refractivity (Wildman–Crippen MR) is 75.9 cm³/mol. The molecule has 0 N–H and O–H groups in total. The molecule has 0 radical (unpaired) electrons. The predicted octanol–water partition coefficient (Wildman–Crippen LogP) is 3.39. The van der Waals surface area contributed by atoms with Crippen LogP contribution in [-0.4, -0.2) is 17.6 Å². The maximum atomic E-state index is 11.8. The van der Waals surface area contributed by atoms with Gasteiger partial charge in [-0.3, -0.25) is 0 Å². The highest BCUT2D eigenvalue weighted by molar-refractivity contribution is 5.88. The summed E-state index contributed by atoms with van der Waals surface area (Å²) in [4.78, 5) is 11.8. The summed E-state index contributed by atoms with van der Waals surface area (Å²) in [6.07, 6.45) is 3.78. The zero-order chi connectivity index (χ0) is 13.8. The summed E-state index contributed by atoms with van der Waals surface area (Å²) in [5.74, 6) is -0.307. The summed E-state index contributed by atoms with van der Waals surface area (Å²) < 4.78 is 6.78. The highest BCUT2D eigenvalue weighted by Gasteiger charge is 2.16. The first-order valence-electron chi connectivity index (χ1n) is 6.59. The van der Waals surface area contributed by atoms with Crippen molar-refractivity contribution in [3.8, 4) is 5.69 Å². The Balaban J connectivity index is 2.65. The van der Waals surface area contributed by atoms with Crippen molar-refractivity contribution in [2.24, 2.45) is 0 Å². The van der Waals surface area contributed by atoms with Crippen molar-refractivity contribution in [3.63, 3.8) is 0 Å². The third-order valence-corrected chi connectivity index (χ3v) is 3.35. The minimum atomic E-state index is -0.307. The highest BCUT2D eigenvalue weighted by Crippen LogP contribution is 2.23. The van der Waals surface area contributed by atoms with Gasteiger partial charge in [-0.2, -0.15) is 0 Å². The summed E-state index contributed by atoms with van der Waals surface area (Å²) in [6.45, 7) is 4.25. The number of carbonyl (C=O) groups excluding carboxylic acids is 1. The van der Waals surface area contributed by atoms with E-state index in [1.807, 2.05) is 16.8 Å². The minimum Gasteiger partial charge on any atom is -0.464 e. The molecule has 1 aromatic heterocycles. The van der Waals surface area contributed by atoms with E-state index in [9.17, 15) is 4.79 Å². The average Bonchev–Trinajstić information content (AvgIpc) is 2.94. The number of para-hydroxylation sites is 1. The molecule has 0 saturated heterocycles. The second-order valence-corrected chi connectivity index (χ2v) is 4.39. The fourth-order valence-electron chi connectivity index (χ4n) is 2.37. The highest BCUT2D eigenvalue weighted by atomic mass is 16.5. The number of aromatic nitrogens is 1. The normalized spacial score (nSPS) is 10.5. The fraction of sp³-hybridized carbons (Fsp3) is 0.312. The number of ether oxygens (including phenoxy) is 1. The first-order valence-corrected chi connectivity index (χ1v) is 6.59. The van der Waals surface area contributed by atoms with Gasteiger partial charge in [0.25, 0.3) is 0 Å². The molecule has 0 unspecified atom stereocenters. The maximum absolute atomic E-state index is 11.8. The van der Waals surface area contributed by atoms with E-state index in [4.69, 9.17) is 4.74 Å². The Hall–Kier alpha value is -2.03. The first-order chi connectivity index (χ1) is 9.22. The standard InChI is InChI=1S/C16H19NO2/c1-4-12-8-6-9-13(5-2)15(12)17-11-7-10-14(17)16(18)19-3/h6-11H,4-5H2,1-3H3. The number of nitrogens with zero attached hydrogens (tertiary/aromatic N) is 1. The van der Waals surface area contributed by atoms with Gasteiger partial charge in [0.2, 0.25) is 0 Å². The Morgan fingerprint density at radius 1 is 1.11 bits per heavy atom. The van der Waals surface area contributed by atoms with Crippen molar-refractivity contribution in [2.75, 3.05) is 7.11 Å². The van der Waals surface area contributed by atoms with Gasteiger partial charge in [-0.25, -0.2) is 4.79 Å². The quantitative estimate of drug-likeness (QED) is 0.786. The number of carbonyl (C=O) groups is 1. The maximum Gasteiger partial charge on any atom is 0.355 e. The minimum absolute atomic E-state index is 0.307. The summed E-state index contributed by atoms with van der Waals surface area (Å²) in [7, 11) is 1.41. The fourth-order valence-corrected chi connectivity index (χ4v) is 2.37. The molecule has 100 valence electrons. The summed E-state index contributed by atoms with van der Waals surface area (Å²) in [5.41, 5.74) is 4.15. The molecule has 0 amide bonds. The molecular weight excluding hydrogens is 238 g/mol. The van der Waals surface area contributed by atoms with Crippen molar-refractivity contribution in [2.45, 2.75) is 26.7 Å². The second-order valence-electron chi connectivity index (χ2n) is 4.39. The lowest BCUT2D eigenvalue weighted by molar-refractivity contribution is 0.0591. The Morgan fingerprint density at radius 3 is 2.26 bits per heavy atom. The molecule has 3 heteroatoms. The van der Waals surface area contributed by atoms with E-state index < -0.39 is 0 Å². The van der Waals surface area contributed by atoms with E-state index in [2.05, 4.69) is 32.0 Å². The van der Waals surface area contributed by atoms with E-state index >= 15 is 0 Å². The molecule has 0 atom stereocenters. The Kier molecular flexibility index (Phi) is 4.05. The third-order valence-electron chi connectivity index (χ3n) is 3.35. The van der Waals surface area contributed by atoms with Crippen LogP contribution >= 0.6 is 0 Å². The van der Waals surface area contributed by atoms with Gasteiger partial charge in [0.15, 0.2) is 0 Å². The molecule has 2 aromatic rings. The molecule has 2 rings (SSSR count). The zero-order valence-electron chi connectivity index (χ0n) is 11.6. The number of hydrogen-bond acceptors (Lipinski definition) is 2. The first kappa shape index (κ1) is 13.4. The van der Waals surface area contributed by atoms with Crippen LogP contribution in [0.2, 0.25) is 0 Å². The van der Waals surface area contributed by atoms with E-state index in [0.29, 0.717) is 5.69 Å². The summed E-state index contributed by atoms with van der Waals surface area (Å²) >= 11 is 0. The Bertz CT molecular complexity index is 562. The molecule has 0 aliphatic heterocycles. The largest absolute Gasteiger partial charge is 0.464 e. The Morgan fingerprint density at radius 2 is 1.74 bits per heavy atom. The van der Waals surface area contributed by atoms with Crippen LogP contribution < -0.4 is 0 Å². The molecule has 19 heavy (non-hydrogen) atoms. The lowest BCUT2D eigenvalue weighted by atomic mass is 10.0. The molecule has 1 heterocycles. The van der Waals surface area contributed by atoms with Crippen LogP contribution in [0.5, 0.6) is 0 Å². The number of rotatable bonds is 4. The molecule has 1 aromatic carbocycles. The zero-order valence-corrected chi connectivity index (χ0v) is 11.6. The van der Waals surface area contributed by atoms with E-state index in [1.165, 1.54) is 18.2 Å². The van der Waals surface area contributed by atoms with E-state index in [-0.39, 0.29) is 5.97 Å². The third kappa shape index (κ3) is 2.41. The van der Waals surface area contributed by atoms with Crippen LogP contribution in [0.1, 0.15) is 35.5 Å². The number of benzene rings is 1. The van der Waals surface area contributed by atoms with Crippen molar-refractivity contribution in [1.29, 1.82) is 0 Å². The summed E-state index contributed by atoms with van der Waals surface area (Å²) in [5, 5.41) is 0. The number of aryl methyl sites for hydroxylation is 2. The van der Waals surface area contributed by atoms with Gasteiger partial charge >= 0.3 is 5.97 Å². The van der Waals surface area contributed by atoms with Gasteiger partial charge in [0, 0.05) is 6.20 Å². The van der Waals surface area contributed by atoms with Crippen LogP contribution in [0, 0.1) is 0 Å². The van der Waals surface area contributed by atoms with Gasteiger partial charge < -0.3 is 9.30 Å². The van der Waals surface area contributed by atoms with Crippen molar-refractivity contribution in [3.05, 3.63) is 53.3 Å². The monoisotopic (exact) mass is 257 g/mol. The van der Waals surface area contributed by atoms with E-state index in [0.717, 1.165) is 18.5 Å². The van der Waals surface area contributed by atoms with Gasteiger partial charge in [-0.1, -0.05) is 32.0 Å².